The minimum absolute atomic E-state index is 0.234. The van der Waals surface area contributed by atoms with Crippen molar-refractivity contribution in [2.45, 2.75) is 11.6 Å². The van der Waals surface area contributed by atoms with Gasteiger partial charge in [-0.05, 0) is 35.2 Å². The van der Waals surface area contributed by atoms with E-state index in [1.54, 1.807) is 22.7 Å². The fraction of sp³-hybridized carbons (Fsp3) is 0.267. The van der Waals surface area contributed by atoms with Gasteiger partial charge in [-0.3, -0.25) is 5.32 Å². The quantitative estimate of drug-likeness (QED) is 0.815. The van der Waals surface area contributed by atoms with E-state index in [1.807, 2.05) is 11.4 Å². The zero-order valence-corrected chi connectivity index (χ0v) is 13.5. The van der Waals surface area contributed by atoms with Crippen LogP contribution in [0.1, 0.15) is 16.5 Å². The molecule has 2 amide bonds. The molecule has 0 bridgehead atoms. The number of amides is 2. The first-order chi connectivity index (χ1) is 10.9. The van der Waals surface area contributed by atoms with E-state index in [9.17, 15) is 18.0 Å². The van der Waals surface area contributed by atoms with Crippen LogP contribution in [0.15, 0.2) is 41.8 Å². The molecule has 1 aromatic carbocycles. The van der Waals surface area contributed by atoms with Crippen molar-refractivity contribution < 1.29 is 18.0 Å². The van der Waals surface area contributed by atoms with Crippen LogP contribution in [0.25, 0.3) is 0 Å². The lowest BCUT2D eigenvalue weighted by atomic mass is 10.1. The number of nitrogens with one attached hydrogen (secondary N) is 1. The summed E-state index contributed by atoms with van der Waals surface area (Å²) in [6, 6.07) is 8.41. The number of hydrogen-bond acceptors (Lipinski definition) is 3. The second-order valence-corrected chi connectivity index (χ2v) is 7.08. The Hall–Kier alpha value is -1.67. The van der Waals surface area contributed by atoms with Crippen molar-refractivity contribution in [1.29, 1.82) is 0 Å². The lowest BCUT2D eigenvalue weighted by molar-refractivity contribution is -0.137. The molecule has 0 aliphatic carbocycles. The van der Waals surface area contributed by atoms with Gasteiger partial charge in [-0.2, -0.15) is 13.2 Å². The molecule has 1 saturated heterocycles. The molecular formula is C15H13F3N2OS2. The van der Waals surface area contributed by atoms with E-state index in [0.717, 1.165) is 22.9 Å². The number of thiophene rings is 1. The van der Waals surface area contributed by atoms with E-state index in [0.29, 0.717) is 12.1 Å². The Labute approximate surface area is 139 Å². The molecule has 122 valence electrons. The summed E-state index contributed by atoms with van der Waals surface area (Å²) in [6.45, 7) is 0.563. The third-order valence-electron chi connectivity index (χ3n) is 3.43. The molecule has 2 heterocycles. The van der Waals surface area contributed by atoms with E-state index >= 15 is 0 Å². The Morgan fingerprint density at radius 2 is 1.96 bits per heavy atom. The normalized spacial score (nSPS) is 18.2. The highest BCUT2D eigenvalue weighted by molar-refractivity contribution is 7.99. The molecule has 3 rings (SSSR count). The van der Waals surface area contributed by atoms with Crippen molar-refractivity contribution in [1.82, 2.24) is 4.90 Å². The molecule has 23 heavy (non-hydrogen) atoms. The number of alkyl halides is 3. The van der Waals surface area contributed by atoms with Gasteiger partial charge in [-0.25, -0.2) is 4.79 Å². The van der Waals surface area contributed by atoms with Gasteiger partial charge in [0.05, 0.1) is 10.6 Å². The molecule has 0 radical (unpaired) electrons. The summed E-state index contributed by atoms with van der Waals surface area (Å²) in [6.07, 6.45) is -4.35. The van der Waals surface area contributed by atoms with Gasteiger partial charge >= 0.3 is 12.2 Å². The highest BCUT2D eigenvalue weighted by atomic mass is 32.2. The number of carbonyl (C=O) groups is 1. The summed E-state index contributed by atoms with van der Waals surface area (Å²) >= 11 is 2.97. The smallest absolute Gasteiger partial charge is 0.308 e. The van der Waals surface area contributed by atoms with E-state index < -0.39 is 11.7 Å². The SMILES string of the molecule is O=C(Nc1cccs1)N1CCS[C@@H]1c1ccc(C(F)(F)F)cc1. The van der Waals surface area contributed by atoms with Crippen molar-refractivity contribution >= 4 is 34.1 Å². The van der Waals surface area contributed by atoms with Crippen LogP contribution in [-0.2, 0) is 6.18 Å². The maximum Gasteiger partial charge on any atom is 0.416 e. The highest BCUT2D eigenvalue weighted by Gasteiger charge is 2.33. The number of anilines is 1. The molecule has 1 aliphatic heterocycles. The maximum atomic E-state index is 12.6. The van der Waals surface area contributed by atoms with Gasteiger partial charge < -0.3 is 4.90 Å². The van der Waals surface area contributed by atoms with Gasteiger partial charge in [0, 0.05) is 12.3 Å². The topological polar surface area (TPSA) is 32.3 Å². The minimum Gasteiger partial charge on any atom is -0.308 e. The average Bonchev–Trinajstić information content (AvgIpc) is 3.17. The number of hydrogen-bond donors (Lipinski definition) is 1. The molecular weight excluding hydrogens is 345 g/mol. The van der Waals surface area contributed by atoms with Crippen molar-refractivity contribution in [3.8, 4) is 0 Å². The number of benzene rings is 1. The van der Waals surface area contributed by atoms with Crippen LogP contribution in [-0.4, -0.2) is 23.2 Å². The molecule has 3 nitrogen and oxygen atoms in total. The largest absolute Gasteiger partial charge is 0.416 e. The number of carbonyl (C=O) groups excluding carboxylic acids is 1. The summed E-state index contributed by atoms with van der Waals surface area (Å²) in [7, 11) is 0. The Balaban J connectivity index is 1.74. The van der Waals surface area contributed by atoms with Crippen LogP contribution in [0.5, 0.6) is 0 Å². The summed E-state index contributed by atoms with van der Waals surface area (Å²) in [5.74, 6) is 0.754. The van der Waals surface area contributed by atoms with Gasteiger partial charge in [-0.1, -0.05) is 12.1 Å². The first kappa shape index (κ1) is 16.2. The van der Waals surface area contributed by atoms with Gasteiger partial charge in [0.15, 0.2) is 0 Å². The molecule has 1 fully saturated rings. The first-order valence-corrected chi connectivity index (χ1v) is 8.78. The van der Waals surface area contributed by atoms with Crippen LogP contribution < -0.4 is 5.32 Å². The van der Waals surface area contributed by atoms with E-state index in [2.05, 4.69) is 5.32 Å². The van der Waals surface area contributed by atoms with Gasteiger partial charge in [-0.15, -0.1) is 23.1 Å². The number of nitrogens with zero attached hydrogens (tertiary/aromatic N) is 1. The van der Waals surface area contributed by atoms with Crippen LogP contribution in [0.3, 0.4) is 0 Å². The van der Waals surface area contributed by atoms with Crippen molar-refractivity contribution in [3.63, 3.8) is 0 Å². The summed E-state index contributed by atoms with van der Waals surface area (Å²) in [5, 5.41) is 5.16. The monoisotopic (exact) mass is 358 g/mol. The van der Waals surface area contributed by atoms with Crippen LogP contribution >= 0.6 is 23.1 Å². The molecule has 0 unspecified atom stereocenters. The van der Waals surface area contributed by atoms with Crippen LogP contribution in [0, 0.1) is 0 Å². The lowest BCUT2D eigenvalue weighted by Gasteiger charge is -2.24. The average molecular weight is 358 g/mol. The van der Waals surface area contributed by atoms with E-state index in [4.69, 9.17) is 0 Å². The highest BCUT2D eigenvalue weighted by Crippen LogP contribution is 2.39. The Morgan fingerprint density at radius 3 is 2.57 bits per heavy atom. The Kier molecular flexibility index (Phi) is 4.54. The molecule has 1 atom stereocenters. The first-order valence-electron chi connectivity index (χ1n) is 6.85. The van der Waals surface area contributed by atoms with Crippen molar-refractivity contribution in [2.24, 2.45) is 0 Å². The standard InChI is InChI=1S/C15H13F3N2OS2/c16-15(17,18)11-5-3-10(4-6-11)13-20(7-9-23-13)14(21)19-12-2-1-8-22-12/h1-6,8,13H,7,9H2,(H,19,21)/t13-/m1/s1. The maximum absolute atomic E-state index is 12.6. The van der Waals surface area contributed by atoms with Crippen LogP contribution in [0.2, 0.25) is 0 Å². The summed E-state index contributed by atoms with van der Waals surface area (Å²) < 4.78 is 37.9. The fourth-order valence-electron chi connectivity index (χ4n) is 2.32. The number of urea groups is 1. The van der Waals surface area contributed by atoms with Crippen molar-refractivity contribution in [2.75, 3.05) is 17.6 Å². The molecule has 8 heteroatoms. The Morgan fingerprint density at radius 1 is 1.22 bits per heavy atom. The summed E-state index contributed by atoms with van der Waals surface area (Å²) in [5.41, 5.74) is 0.0145. The third kappa shape index (κ3) is 3.64. The molecule has 2 aromatic rings. The molecule has 1 N–H and O–H groups in total. The third-order valence-corrected chi connectivity index (χ3v) is 5.47. The zero-order chi connectivity index (χ0) is 16.4. The van der Waals surface area contributed by atoms with Gasteiger partial charge in [0.25, 0.3) is 0 Å². The molecule has 0 spiro atoms. The van der Waals surface area contributed by atoms with Gasteiger partial charge in [0.1, 0.15) is 5.37 Å². The number of rotatable bonds is 2. The van der Waals surface area contributed by atoms with E-state index in [1.165, 1.54) is 23.5 Å². The molecule has 0 saturated carbocycles. The summed E-state index contributed by atoms with van der Waals surface area (Å²) in [4.78, 5) is 14.0. The predicted molar refractivity (Wildman–Crippen MR) is 86.7 cm³/mol. The second-order valence-electron chi connectivity index (χ2n) is 4.94. The molecule has 1 aliphatic rings. The van der Waals surface area contributed by atoms with Crippen LogP contribution in [0.4, 0.5) is 23.0 Å². The zero-order valence-electron chi connectivity index (χ0n) is 11.8. The second kappa shape index (κ2) is 6.45. The fourth-order valence-corrected chi connectivity index (χ4v) is 4.18. The molecule has 1 aromatic heterocycles. The Bertz CT molecular complexity index is 671. The van der Waals surface area contributed by atoms with Gasteiger partial charge in [0.2, 0.25) is 0 Å². The number of thioether (sulfide) groups is 1. The van der Waals surface area contributed by atoms with Crippen molar-refractivity contribution in [3.05, 3.63) is 52.9 Å². The minimum atomic E-state index is -4.35. The lowest BCUT2D eigenvalue weighted by Crippen LogP contribution is -2.34. The van der Waals surface area contributed by atoms with E-state index in [-0.39, 0.29) is 11.4 Å². The predicted octanol–water partition coefficient (Wildman–Crippen LogP) is 5.05. The number of halogens is 3.